The lowest BCUT2D eigenvalue weighted by atomic mass is 9.98. The van der Waals surface area contributed by atoms with Crippen LogP contribution in [0.3, 0.4) is 0 Å². The summed E-state index contributed by atoms with van der Waals surface area (Å²) in [4.78, 5) is 0. The van der Waals surface area contributed by atoms with Crippen LogP contribution >= 0.6 is 0 Å². The Morgan fingerprint density at radius 1 is 0.750 bits per heavy atom. The monoisotopic (exact) mass is 170 g/mol. The summed E-state index contributed by atoms with van der Waals surface area (Å²) < 4.78 is 0. The van der Waals surface area contributed by atoms with Crippen molar-refractivity contribution in [2.24, 2.45) is 5.92 Å². The Balaban J connectivity index is 2.97. The highest BCUT2D eigenvalue weighted by atomic mass is 14.0. The largest absolute Gasteiger partial charge is 0.0654 e. The SMILES string of the molecule is CCCCCCC[C@H](C)CCC. The molecular formula is C12H26. The highest BCUT2D eigenvalue weighted by Gasteiger charge is 1.99. The van der Waals surface area contributed by atoms with E-state index in [4.69, 9.17) is 0 Å². The van der Waals surface area contributed by atoms with Crippen molar-refractivity contribution in [2.45, 2.75) is 72.1 Å². The topological polar surface area (TPSA) is 0 Å². The van der Waals surface area contributed by atoms with Gasteiger partial charge in [0.25, 0.3) is 0 Å². The van der Waals surface area contributed by atoms with E-state index in [2.05, 4.69) is 20.8 Å². The van der Waals surface area contributed by atoms with Gasteiger partial charge in [-0.05, 0) is 5.92 Å². The molecule has 0 heterocycles. The molecule has 1 atom stereocenters. The van der Waals surface area contributed by atoms with E-state index in [9.17, 15) is 0 Å². The Morgan fingerprint density at radius 3 is 2.00 bits per heavy atom. The van der Waals surface area contributed by atoms with Crippen molar-refractivity contribution in [1.82, 2.24) is 0 Å². The number of hydrogen-bond acceptors (Lipinski definition) is 0. The Hall–Kier alpha value is 0. The van der Waals surface area contributed by atoms with E-state index in [1.54, 1.807) is 0 Å². The van der Waals surface area contributed by atoms with Gasteiger partial charge in [0.15, 0.2) is 0 Å². The molecule has 0 bridgehead atoms. The second-order valence-electron chi connectivity index (χ2n) is 4.10. The Kier molecular flexibility index (Phi) is 9.09. The molecule has 0 N–H and O–H groups in total. The average Bonchev–Trinajstić information content (AvgIpc) is 2.05. The van der Waals surface area contributed by atoms with E-state index >= 15 is 0 Å². The number of unbranched alkanes of at least 4 members (excludes halogenated alkanes) is 4. The summed E-state index contributed by atoms with van der Waals surface area (Å²) in [6.45, 7) is 6.95. The van der Waals surface area contributed by atoms with Gasteiger partial charge < -0.3 is 0 Å². The first-order chi connectivity index (χ1) is 5.81. The molecule has 0 saturated carbocycles. The van der Waals surface area contributed by atoms with Gasteiger partial charge in [-0.25, -0.2) is 0 Å². The molecule has 0 saturated heterocycles. The molecular weight excluding hydrogens is 144 g/mol. The van der Waals surface area contributed by atoms with Gasteiger partial charge in [-0.3, -0.25) is 0 Å². The molecule has 0 amide bonds. The Morgan fingerprint density at radius 2 is 1.42 bits per heavy atom. The fourth-order valence-corrected chi connectivity index (χ4v) is 1.73. The summed E-state index contributed by atoms with van der Waals surface area (Å²) in [7, 11) is 0. The lowest BCUT2D eigenvalue weighted by Gasteiger charge is -2.08. The summed E-state index contributed by atoms with van der Waals surface area (Å²) in [6.07, 6.45) is 11.4. The second kappa shape index (κ2) is 9.09. The summed E-state index contributed by atoms with van der Waals surface area (Å²) in [6, 6.07) is 0. The van der Waals surface area contributed by atoms with Gasteiger partial charge in [-0.15, -0.1) is 0 Å². The second-order valence-corrected chi connectivity index (χ2v) is 4.10. The normalized spacial score (nSPS) is 13.2. The first-order valence-corrected chi connectivity index (χ1v) is 5.81. The molecule has 0 rings (SSSR count). The zero-order valence-corrected chi connectivity index (χ0v) is 9.23. The third-order valence-corrected chi connectivity index (χ3v) is 2.58. The molecule has 0 aliphatic rings. The van der Waals surface area contributed by atoms with Crippen LogP contribution in [0.15, 0.2) is 0 Å². The van der Waals surface area contributed by atoms with Gasteiger partial charge in [0.1, 0.15) is 0 Å². The van der Waals surface area contributed by atoms with Crippen molar-refractivity contribution in [3.05, 3.63) is 0 Å². The van der Waals surface area contributed by atoms with Gasteiger partial charge in [0, 0.05) is 0 Å². The van der Waals surface area contributed by atoms with Crippen molar-refractivity contribution in [2.75, 3.05) is 0 Å². The van der Waals surface area contributed by atoms with E-state index in [1.807, 2.05) is 0 Å². The molecule has 0 aromatic rings. The standard InChI is InChI=1S/C12H26/c1-4-6-7-8-9-11-12(3)10-5-2/h12H,4-11H2,1-3H3/t12-/m1/s1. The van der Waals surface area contributed by atoms with Gasteiger partial charge in [0.2, 0.25) is 0 Å². The van der Waals surface area contributed by atoms with Crippen molar-refractivity contribution in [1.29, 1.82) is 0 Å². The van der Waals surface area contributed by atoms with Gasteiger partial charge >= 0.3 is 0 Å². The molecule has 0 aliphatic carbocycles. The van der Waals surface area contributed by atoms with Crippen molar-refractivity contribution in [3.63, 3.8) is 0 Å². The number of hydrogen-bond donors (Lipinski definition) is 0. The molecule has 0 aromatic carbocycles. The first-order valence-electron chi connectivity index (χ1n) is 5.81. The molecule has 0 aromatic heterocycles. The van der Waals surface area contributed by atoms with Crippen LogP contribution in [-0.2, 0) is 0 Å². The summed E-state index contributed by atoms with van der Waals surface area (Å²) in [5.74, 6) is 0.969. The lowest BCUT2D eigenvalue weighted by molar-refractivity contribution is 0.453. The molecule has 0 nitrogen and oxygen atoms in total. The fourth-order valence-electron chi connectivity index (χ4n) is 1.73. The first kappa shape index (κ1) is 12.0. The predicted molar refractivity (Wildman–Crippen MR) is 57.4 cm³/mol. The van der Waals surface area contributed by atoms with Crippen molar-refractivity contribution < 1.29 is 0 Å². The van der Waals surface area contributed by atoms with E-state index in [-0.39, 0.29) is 0 Å². The lowest BCUT2D eigenvalue weighted by Crippen LogP contribution is -1.93. The molecule has 12 heavy (non-hydrogen) atoms. The van der Waals surface area contributed by atoms with Gasteiger partial charge in [-0.1, -0.05) is 72.1 Å². The summed E-state index contributed by atoms with van der Waals surface area (Å²) >= 11 is 0. The molecule has 0 heteroatoms. The Labute approximate surface area is 78.8 Å². The van der Waals surface area contributed by atoms with Crippen LogP contribution in [0, 0.1) is 5.92 Å². The Bertz CT molecular complexity index is 76.1. The maximum absolute atomic E-state index is 2.39. The summed E-state index contributed by atoms with van der Waals surface area (Å²) in [5.41, 5.74) is 0. The third-order valence-electron chi connectivity index (χ3n) is 2.58. The molecule has 0 spiro atoms. The van der Waals surface area contributed by atoms with Crippen LogP contribution in [0.2, 0.25) is 0 Å². The maximum Gasteiger partial charge on any atom is -0.0443 e. The molecule has 74 valence electrons. The van der Waals surface area contributed by atoms with Crippen LogP contribution in [0.1, 0.15) is 72.1 Å². The minimum atomic E-state index is 0.969. The molecule has 0 unspecified atom stereocenters. The minimum absolute atomic E-state index is 0.969. The third kappa shape index (κ3) is 8.10. The van der Waals surface area contributed by atoms with E-state index in [1.165, 1.54) is 51.4 Å². The average molecular weight is 170 g/mol. The molecule has 0 aliphatic heterocycles. The van der Waals surface area contributed by atoms with E-state index in [0.717, 1.165) is 5.92 Å². The van der Waals surface area contributed by atoms with Crippen LogP contribution in [0.4, 0.5) is 0 Å². The smallest absolute Gasteiger partial charge is 0.0443 e. The van der Waals surface area contributed by atoms with Crippen LogP contribution in [0.5, 0.6) is 0 Å². The van der Waals surface area contributed by atoms with Crippen molar-refractivity contribution in [3.8, 4) is 0 Å². The predicted octanol–water partition coefficient (Wildman–Crippen LogP) is 4.78. The minimum Gasteiger partial charge on any atom is -0.0654 e. The highest BCUT2D eigenvalue weighted by Crippen LogP contribution is 2.15. The van der Waals surface area contributed by atoms with E-state index < -0.39 is 0 Å². The molecule has 0 radical (unpaired) electrons. The van der Waals surface area contributed by atoms with Gasteiger partial charge in [0.05, 0.1) is 0 Å². The highest BCUT2D eigenvalue weighted by molar-refractivity contribution is 4.52. The quantitative estimate of drug-likeness (QED) is 0.460. The maximum atomic E-state index is 2.39. The zero-order chi connectivity index (χ0) is 9.23. The summed E-state index contributed by atoms with van der Waals surface area (Å²) in [5, 5.41) is 0. The van der Waals surface area contributed by atoms with Gasteiger partial charge in [-0.2, -0.15) is 0 Å². The number of rotatable bonds is 8. The fraction of sp³-hybridized carbons (Fsp3) is 1.00. The van der Waals surface area contributed by atoms with Crippen LogP contribution in [0.25, 0.3) is 0 Å². The van der Waals surface area contributed by atoms with E-state index in [0.29, 0.717) is 0 Å². The molecule has 0 fully saturated rings. The van der Waals surface area contributed by atoms with Crippen LogP contribution < -0.4 is 0 Å². The zero-order valence-electron chi connectivity index (χ0n) is 9.23. The van der Waals surface area contributed by atoms with Crippen molar-refractivity contribution >= 4 is 0 Å². The van der Waals surface area contributed by atoms with Crippen LogP contribution in [-0.4, -0.2) is 0 Å².